The van der Waals surface area contributed by atoms with E-state index >= 15 is 0 Å². The second-order valence-electron chi connectivity index (χ2n) is 9.16. The van der Waals surface area contributed by atoms with E-state index in [2.05, 4.69) is 20.4 Å². The molecular formula is C22H26F5N7O4. The van der Waals surface area contributed by atoms with Crippen molar-refractivity contribution in [1.82, 2.24) is 25.1 Å². The van der Waals surface area contributed by atoms with Crippen molar-refractivity contribution in [2.45, 2.75) is 56.7 Å². The van der Waals surface area contributed by atoms with Crippen LogP contribution in [0.1, 0.15) is 37.3 Å². The van der Waals surface area contributed by atoms with E-state index in [4.69, 9.17) is 4.74 Å². The van der Waals surface area contributed by atoms with Gasteiger partial charge in [-0.05, 0) is 13.3 Å². The van der Waals surface area contributed by atoms with E-state index in [1.165, 1.54) is 11.8 Å². The van der Waals surface area contributed by atoms with Crippen LogP contribution in [0.2, 0.25) is 0 Å². The Labute approximate surface area is 213 Å². The molecule has 0 radical (unpaired) electrons. The van der Waals surface area contributed by atoms with Crippen molar-refractivity contribution in [3.8, 4) is 0 Å². The summed E-state index contributed by atoms with van der Waals surface area (Å²) in [5.74, 6) is -0.146. The second kappa shape index (κ2) is 11.1. The van der Waals surface area contributed by atoms with Crippen LogP contribution in [0.4, 0.5) is 33.6 Å². The Bertz CT molecular complexity index is 1180. The lowest BCUT2D eigenvalue weighted by molar-refractivity contribution is -0.141. The molecular weight excluding hydrogens is 521 g/mol. The first kappa shape index (κ1) is 27.6. The number of ether oxygens (including phenoxy) is 1. The number of β-amino-alcohol motifs (C(OH)–C–C–N with tert-alkyl or cyclic N) is 1. The smallest absolute Gasteiger partial charge is 0.389 e. The van der Waals surface area contributed by atoms with Crippen LogP contribution in [-0.2, 0) is 15.7 Å². The van der Waals surface area contributed by atoms with Gasteiger partial charge in [-0.2, -0.15) is 18.3 Å². The van der Waals surface area contributed by atoms with Gasteiger partial charge in [-0.1, -0.05) is 0 Å². The molecule has 0 bridgehead atoms. The lowest BCUT2D eigenvalue weighted by Crippen LogP contribution is -2.55. The molecule has 2 aromatic rings. The molecule has 0 aliphatic carbocycles. The van der Waals surface area contributed by atoms with Crippen LogP contribution in [-0.4, -0.2) is 86.6 Å². The molecule has 4 rings (SSSR count). The van der Waals surface area contributed by atoms with Gasteiger partial charge in [-0.3, -0.25) is 9.59 Å². The van der Waals surface area contributed by atoms with Gasteiger partial charge >= 0.3 is 6.18 Å². The molecule has 3 N–H and O–H groups in total. The maximum atomic E-state index is 13.2. The van der Waals surface area contributed by atoms with Crippen molar-refractivity contribution < 1.29 is 36.6 Å². The molecule has 0 aromatic carbocycles. The van der Waals surface area contributed by atoms with Crippen molar-refractivity contribution in [3.05, 3.63) is 40.1 Å². The first-order chi connectivity index (χ1) is 18.0. The lowest BCUT2D eigenvalue weighted by atomic mass is 10.0. The molecule has 2 aromatic heterocycles. The third-order valence-corrected chi connectivity index (χ3v) is 6.42. The van der Waals surface area contributed by atoms with Crippen molar-refractivity contribution in [3.63, 3.8) is 0 Å². The van der Waals surface area contributed by atoms with Crippen LogP contribution in [0.15, 0.2) is 23.4 Å². The Balaban J connectivity index is 1.30. The predicted octanol–water partition coefficient (Wildman–Crippen LogP) is 1.57. The van der Waals surface area contributed by atoms with E-state index in [-0.39, 0.29) is 30.6 Å². The molecule has 4 atom stereocenters. The third kappa shape index (κ3) is 6.01. The summed E-state index contributed by atoms with van der Waals surface area (Å²) in [6, 6.07) is -1.19. The molecule has 0 saturated carbocycles. The Kier molecular flexibility index (Phi) is 8.10. The number of aliphatic hydroxyl groups excluding tert-OH is 1. The fourth-order valence-corrected chi connectivity index (χ4v) is 4.59. The number of alkyl halides is 5. The number of carbonyl (C=O) groups is 1. The van der Waals surface area contributed by atoms with Gasteiger partial charge in [0.1, 0.15) is 11.7 Å². The summed E-state index contributed by atoms with van der Waals surface area (Å²) >= 11 is 0. The fraction of sp³-hybridized carbons (Fsp3) is 0.591. The molecule has 0 unspecified atom stereocenters. The minimum atomic E-state index is -4.89. The van der Waals surface area contributed by atoms with Crippen LogP contribution >= 0.6 is 0 Å². The van der Waals surface area contributed by atoms with Crippen LogP contribution in [0.5, 0.6) is 0 Å². The first-order valence-corrected chi connectivity index (χ1v) is 11.8. The van der Waals surface area contributed by atoms with Crippen molar-refractivity contribution >= 4 is 17.5 Å². The zero-order chi connectivity index (χ0) is 27.6. The third-order valence-electron chi connectivity index (χ3n) is 6.42. The number of H-pyrrole nitrogens is 1. The predicted molar refractivity (Wildman–Crippen MR) is 123 cm³/mol. The van der Waals surface area contributed by atoms with Gasteiger partial charge in [0, 0.05) is 44.5 Å². The van der Waals surface area contributed by atoms with Crippen LogP contribution in [0, 0.1) is 0 Å². The van der Waals surface area contributed by atoms with Crippen LogP contribution < -0.4 is 15.8 Å². The van der Waals surface area contributed by atoms with E-state index < -0.39 is 53.7 Å². The average Bonchev–Trinajstić information content (AvgIpc) is 3.21. The molecule has 4 heterocycles. The number of aromatic amines is 1. The summed E-state index contributed by atoms with van der Waals surface area (Å²) in [4.78, 5) is 35.6. The molecule has 2 fully saturated rings. The summed E-state index contributed by atoms with van der Waals surface area (Å²) in [7, 11) is 0. The lowest BCUT2D eigenvalue weighted by Gasteiger charge is -2.40. The highest BCUT2D eigenvalue weighted by atomic mass is 19.4. The second-order valence-corrected chi connectivity index (χ2v) is 9.16. The summed E-state index contributed by atoms with van der Waals surface area (Å²) in [5.41, 5.74) is -3.59. The fourth-order valence-electron chi connectivity index (χ4n) is 4.59. The first-order valence-electron chi connectivity index (χ1n) is 11.8. The van der Waals surface area contributed by atoms with Gasteiger partial charge in [0.15, 0.2) is 0 Å². The van der Waals surface area contributed by atoms with Crippen molar-refractivity contribution in [1.29, 1.82) is 0 Å². The average molecular weight is 547 g/mol. The molecule has 2 saturated heterocycles. The number of nitrogens with one attached hydrogen (secondary N) is 2. The van der Waals surface area contributed by atoms with E-state index in [0.717, 1.165) is 18.6 Å². The molecule has 2 aliphatic rings. The van der Waals surface area contributed by atoms with E-state index in [1.54, 1.807) is 10.00 Å². The SMILES string of the molecule is C[C@@H](CO[C@@H]1CCN([C@@H]2CCN(c3ncc(C(F)F)cn3)C[C@H]2O)C1=O)Nc1cn[nH]c(=O)c1C(F)(F)F. The number of aliphatic hydroxyl groups is 1. The van der Waals surface area contributed by atoms with Crippen molar-refractivity contribution in [2.24, 2.45) is 0 Å². The Morgan fingerprint density at radius 3 is 2.53 bits per heavy atom. The van der Waals surface area contributed by atoms with Gasteiger partial charge < -0.3 is 25.0 Å². The number of hydrogen-bond acceptors (Lipinski definition) is 9. The highest BCUT2D eigenvalue weighted by Gasteiger charge is 2.42. The molecule has 2 aliphatic heterocycles. The molecule has 208 valence electrons. The van der Waals surface area contributed by atoms with Gasteiger partial charge in [0.05, 0.1) is 36.2 Å². The minimum Gasteiger partial charge on any atom is -0.389 e. The molecule has 16 heteroatoms. The van der Waals surface area contributed by atoms with Gasteiger partial charge in [0.25, 0.3) is 17.9 Å². The molecule has 38 heavy (non-hydrogen) atoms. The number of aromatic nitrogens is 4. The standard InChI is InChI=1S/C22H26F5N7O4/c1-11(31-13-8-30-32-19(36)17(13)22(25,26)27)10-38-16-3-5-34(20(16)37)14-2-4-33(9-15(14)35)21-28-6-12(7-29-21)18(23)24/h6-8,11,14-16,18,35H,2-5,9-10H2,1H3,(H2,31,32,36)/t11-,14+,15+,16+/m0/s1. The maximum absolute atomic E-state index is 13.2. The Morgan fingerprint density at radius 1 is 1.18 bits per heavy atom. The number of hydrogen-bond donors (Lipinski definition) is 3. The largest absolute Gasteiger partial charge is 0.423 e. The van der Waals surface area contributed by atoms with Gasteiger partial charge in [-0.25, -0.2) is 23.8 Å². The summed E-state index contributed by atoms with van der Waals surface area (Å²) in [5, 5.41) is 18.4. The Morgan fingerprint density at radius 2 is 1.89 bits per heavy atom. The molecule has 11 nitrogen and oxygen atoms in total. The number of amides is 1. The zero-order valence-corrected chi connectivity index (χ0v) is 20.2. The highest BCUT2D eigenvalue weighted by molar-refractivity contribution is 5.83. The maximum Gasteiger partial charge on any atom is 0.423 e. The van der Waals surface area contributed by atoms with Crippen LogP contribution in [0.3, 0.4) is 0 Å². The number of piperidine rings is 1. The zero-order valence-electron chi connectivity index (χ0n) is 20.2. The van der Waals surface area contributed by atoms with E-state index in [0.29, 0.717) is 25.9 Å². The topological polar surface area (TPSA) is 137 Å². The summed E-state index contributed by atoms with van der Waals surface area (Å²) in [6.07, 6.45) is -5.73. The molecule has 1 amide bonds. The number of halogens is 5. The van der Waals surface area contributed by atoms with Gasteiger partial charge in [0.2, 0.25) is 5.95 Å². The van der Waals surface area contributed by atoms with Gasteiger partial charge in [-0.15, -0.1) is 0 Å². The number of likely N-dealkylation sites (tertiary alicyclic amines) is 1. The highest BCUT2D eigenvalue weighted by Crippen LogP contribution is 2.32. The minimum absolute atomic E-state index is 0.0979. The monoisotopic (exact) mass is 547 g/mol. The van der Waals surface area contributed by atoms with E-state index in [9.17, 15) is 36.6 Å². The number of rotatable bonds is 8. The van der Waals surface area contributed by atoms with Crippen LogP contribution in [0.25, 0.3) is 0 Å². The number of anilines is 2. The quantitative estimate of drug-likeness (QED) is 0.421. The number of nitrogens with zero attached hydrogens (tertiary/aromatic N) is 5. The molecule has 0 spiro atoms. The Hall–Kier alpha value is -3.40. The van der Waals surface area contributed by atoms with E-state index in [1.807, 2.05) is 0 Å². The summed E-state index contributed by atoms with van der Waals surface area (Å²) < 4.78 is 70.8. The number of carbonyl (C=O) groups excluding carboxylic acids is 1. The summed E-state index contributed by atoms with van der Waals surface area (Å²) in [6.45, 7) is 2.22. The normalized spacial score (nSPS) is 23.3. The van der Waals surface area contributed by atoms with Crippen molar-refractivity contribution in [2.75, 3.05) is 36.5 Å².